The van der Waals surface area contributed by atoms with Gasteiger partial charge in [0.15, 0.2) is 6.61 Å². The Morgan fingerprint density at radius 3 is 2.62 bits per heavy atom. The molecule has 0 aliphatic heterocycles. The highest BCUT2D eigenvalue weighted by Crippen LogP contribution is 2.24. The zero-order chi connectivity index (χ0) is 16.9. The molecule has 24 heavy (non-hydrogen) atoms. The molecular weight excluding hydrogens is 302 g/mol. The van der Waals surface area contributed by atoms with E-state index in [9.17, 15) is 9.59 Å². The largest absolute Gasteiger partial charge is 0.452 e. The molecule has 3 rings (SSSR count). The smallest absolute Gasteiger partial charge is 0.338 e. The normalized spacial score (nSPS) is 23.2. The second-order valence-corrected chi connectivity index (χ2v) is 7.20. The fraction of sp³-hybridized carbons (Fsp3) is 0.600. The lowest BCUT2D eigenvalue weighted by Crippen LogP contribution is -2.42. The molecule has 2 aliphatic rings. The van der Waals surface area contributed by atoms with Crippen LogP contribution in [0.1, 0.15) is 66.9 Å². The first kappa shape index (κ1) is 17.0. The summed E-state index contributed by atoms with van der Waals surface area (Å²) in [5, 5.41) is 3.01. The molecule has 4 nitrogen and oxygen atoms in total. The van der Waals surface area contributed by atoms with E-state index in [0.717, 1.165) is 32.1 Å². The van der Waals surface area contributed by atoms with E-state index < -0.39 is 5.97 Å². The predicted octanol–water partition coefficient (Wildman–Crippen LogP) is 3.42. The topological polar surface area (TPSA) is 55.4 Å². The van der Waals surface area contributed by atoms with Gasteiger partial charge in [-0.15, -0.1) is 0 Å². The Morgan fingerprint density at radius 2 is 1.83 bits per heavy atom. The maximum absolute atomic E-state index is 12.2. The molecule has 1 fully saturated rings. The van der Waals surface area contributed by atoms with E-state index in [1.54, 1.807) is 0 Å². The first-order valence-corrected chi connectivity index (χ1v) is 9.22. The van der Waals surface area contributed by atoms with Gasteiger partial charge in [0.1, 0.15) is 0 Å². The fourth-order valence-corrected chi connectivity index (χ4v) is 3.85. The Hall–Kier alpha value is -1.84. The SMILES string of the molecule is C[C@@H]1CCCC[C@@H]1NC(=O)COC(=O)c1ccc2c(c1)CCCC2. The van der Waals surface area contributed by atoms with E-state index in [1.807, 2.05) is 18.2 Å². The van der Waals surface area contributed by atoms with Crippen molar-refractivity contribution in [2.75, 3.05) is 6.61 Å². The lowest BCUT2D eigenvalue weighted by molar-refractivity contribution is -0.125. The van der Waals surface area contributed by atoms with Gasteiger partial charge in [-0.1, -0.05) is 25.8 Å². The van der Waals surface area contributed by atoms with Crippen molar-refractivity contribution in [3.05, 3.63) is 34.9 Å². The molecule has 1 amide bonds. The fourth-order valence-electron chi connectivity index (χ4n) is 3.85. The van der Waals surface area contributed by atoms with Gasteiger partial charge >= 0.3 is 5.97 Å². The Balaban J connectivity index is 1.50. The second kappa shape index (κ2) is 7.82. The Bertz CT molecular complexity index is 611. The van der Waals surface area contributed by atoms with E-state index >= 15 is 0 Å². The Kier molecular flexibility index (Phi) is 5.54. The number of aryl methyl sites for hydroxylation is 2. The minimum atomic E-state index is -0.407. The zero-order valence-corrected chi connectivity index (χ0v) is 14.5. The quantitative estimate of drug-likeness (QED) is 0.861. The van der Waals surface area contributed by atoms with Crippen molar-refractivity contribution in [1.29, 1.82) is 0 Å². The Labute approximate surface area is 144 Å². The number of fused-ring (bicyclic) bond motifs is 1. The van der Waals surface area contributed by atoms with Crippen LogP contribution in [0.5, 0.6) is 0 Å². The summed E-state index contributed by atoms with van der Waals surface area (Å²) in [6, 6.07) is 5.98. The molecule has 1 saturated carbocycles. The van der Waals surface area contributed by atoms with E-state index in [0.29, 0.717) is 11.5 Å². The monoisotopic (exact) mass is 329 g/mol. The maximum atomic E-state index is 12.2. The predicted molar refractivity (Wildman–Crippen MR) is 92.9 cm³/mol. The number of hydrogen-bond donors (Lipinski definition) is 1. The molecule has 0 bridgehead atoms. The number of rotatable bonds is 4. The lowest BCUT2D eigenvalue weighted by atomic mass is 9.86. The van der Waals surface area contributed by atoms with Crippen LogP contribution < -0.4 is 5.32 Å². The summed E-state index contributed by atoms with van der Waals surface area (Å²) in [5.41, 5.74) is 3.13. The maximum Gasteiger partial charge on any atom is 0.338 e. The number of amides is 1. The molecule has 1 aromatic carbocycles. The summed E-state index contributed by atoms with van der Waals surface area (Å²) in [5.74, 6) is -0.102. The van der Waals surface area contributed by atoms with E-state index in [4.69, 9.17) is 4.74 Å². The van der Waals surface area contributed by atoms with Gasteiger partial charge in [0.25, 0.3) is 5.91 Å². The average Bonchev–Trinajstić information content (AvgIpc) is 2.61. The van der Waals surface area contributed by atoms with Gasteiger partial charge in [-0.2, -0.15) is 0 Å². The van der Waals surface area contributed by atoms with Crippen molar-refractivity contribution in [1.82, 2.24) is 5.32 Å². The van der Waals surface area contributed by atoms with Gasteiger partial charge in [-0.25, -0.2) is 4.79 Å². The number of hydrogen-bond acceptors (Lipinski definition) is 3. The molecule has 0 radical (unpaired) electrons. The number of benzene rings is 1. The van der Waals surface area contributed by atoms with Crippen molar-refractivity contribution in [3.8, 4) is 0 Å². The van der Waals surface area contributed by atoms with Crippen LogP contribution >= 0.6 is 0 Å². The highest BCUT2D eigenvalue weighted by molar-refractivity contribution is 5.91. The Morgan fingerprint density at radius 1 is 1.08 bits per heavy atom. The first-order valence-electron chi connectivity index (χ1n) is 9.22. The van der Waals surface area contributed by atoms with Crippen LogP contribution in [0.4, 0.5) is 0 Å². The minimum absolute atomic E-state index is 0.194. The molecule has 1 N–H and O–H groups in total. The van der Waals surface area contributed by atoms with Crippen molar-refractivity contribution >= 4 is 11.9 Å². The molecule has 0 saturated heterocycles. The van der Waals surface area contributed by atoms with E-state index in [-0.39, 0.29) is 18.6 Å². The molecule has 2 atom stereocenters. The van der Waals surface area contributed by atoms with Gasteiger partial charge in [0, 0.05) is 6.04 Å². The van der Waals surface area contributed by atoms with Gasteiger partial charge in [-0.3, -0.25) is 4.79 Å². The molecule has 0 unspecified atom stereocenters. The van der Waals surface area contributed by atoms with E-state index in [1.165, 1.54) is 30.4 Å². The summed E-state index contributed by atoms with van der Waals surface area (Å²) in [7, 11) is 0. The van der Waals surface area contributed by atoms with Gasteiger partial charge in [-0.05, 0) is 67.7 Å². The highest BCUT2D eigenvalue weighted by atomic mass is 16.5. The molecule has 1 aromatic rings. The minimum Gasteiger partial charge on any atom is -0.452 e. The molecular formula is C20H27NO3. The standard InChI is InChI=1S/C20H27NO3/c1-14-6-2-5-9-18(14)21-19(22)13-24-20(23)17-11-10-15-7-3-4-8-16(15)12-17/h10-12,14,18H,2-9,13H2,1H3,(H,21,22)/t14-,18+/m1/s1. The highest BCUT2D eigenvalue weighted by Gasteiger charge is 2.23. The van der Waals surface area contributed by atoms with Crippen LogP contribution in [0.3, 0.4) is 0 Å². The number of nitrogens with one attached hydrogen (secondary N) is 1. The van der Waals surface area contributed by atoms with E-state index in [2.05, 4.69) is 12.2 Å². The summed E-state index contributed by atoms with van der Waals surface area (Å²) in [4.78, 5) is 24.2. The van der Waals surface area contributed by atoms with Crippen molar-refractivity contribution < 1.29 is 14.3 Å². The average molecular weight is 329 g/mol. The molecule has 130 valence electrons. The molecule has 0 heterocycles. The molecule has 0 aromatic heterocycles. The summed E-state index contributed by atoms with van der Waals surface area (Å²) in [6.45, 7) is 1.97. The number of esters is 1. The third-order valence-electron chi connectivity index (χ3n) is 5.38. The van der Waals surface area contributed by atoms with Gasteiger partial charge < -0.3 is 10.1 Å². The number of ether oxygens (including phenoxy) is 1. The van der Waals surface area contributed by atoms with Crippen molar-refractivity contribution in [3.63, 3.8) is 0 Å². The summed E-state index contributed by atoms with van der Waals surface area (Å²) >= 11 is 0. The second-order valence-electron chi connectivity index (χ2n) is 7.20. The number of carbonyl (C=O) groups excluding carboxylic acids is 2. The van der Waals surface area contributed by atoms with Crippen LogP contribution in [-0.2, 0) is 22.4 Å². The first-order chi connectivity index (χ1) is 11.6. The molecule has 0 spiro atoms. The summed E-state index contributed by atoms with van der Waals surface area (Å²) < 4.78 is 5.21. The van der Waals surface area contributed by atoms with Gasteiger partial charge in [0.2, 0.25) is 0 Å². The third kappa shape index (κ3) is 4.16. The lowest BCUT2D eigenvalue weighted by Gasteiger charge is -2.29. The third-order valence-corrected chi connectivity index (χ3v) is 5.38. The van der Waals surface area contributed by atoms with Crippen LogP contribution in [0, 0.1) is 5.92 Å². The van der Waals surface area contributed by atoms with Crippen LogP contribution in [0.15, 0.2) is 18.2 Å². The van der Waals surface area contributed by atoms with Crippen molar-refractivity contribution in [2.24, 2.45) is 5.92 Å². The van der Waals surface area contributed by atoms with Crippen LogP contribution in [-0.4, -0.2) is 24.5 Å². The van der Waals surface area contributed by atoms with Crippen LogP contribution in [0.25, 0.3) is 0 Å². The molecule has 2 aliphatic carbocycles. The van der Waals surface area contributed by atoms with Crippen LogP contribution in [0.2, 0.25) is 0 Å². The summed E-state index contributed by atoms with van der Waals surface area (Å²) in [6.07, 6.45) is 9.07. The zero-order valence-electron chi connectivity index (χ0n) is 14.5. The number of carbonyl (C=O) groups is 2. The van der Waals surface area contributed by atoms with Gasteiger partial charge in [0.05, 0.1) is 5.56 Å². The molecule has 4 heteroatoms. The van der Waals surface area contributed by atoms with Crippen molar-refractivity contribution in [2.45, 2.75) is 64.3 Å².